The first-order chi connectivity index (χ1) is 13.0. The maximum atomic E-state index is 4.74. The van der Waals surface area contributed by atoms with Gasteiger partial charge in [0.15, 0.2) is 0 Å². The Labute approximate surface area is 168 Å². The van der Waals surface area contributed by atoms with E-state index in [1.165, 1.54) is 36.6 Å². The highest BCUT2D eigenvalue weighted by molar-refractivity contribution is 8.06. The van der Waals surface area contributed by atoms with Crippen LogP contribution < -0.4 is 10.6 Å². The molecule has 0 spiro atoms. The highest BCUT2D eigenvalue weighted by Crippen LogP contribution is 2.23. The normalized spacial score (nSPS) is 19.0. The Morgan fingerprint density at radius 2 is 1.93 bits per heavy atom. The first kappa shape index (κ1) is 22.8. The van der Waals surface area contributed by atoms with Crippen molar-refractivity contribution in [3.8, 4) is 0 Å². The van der Waals surface area contributed by atoms with Crippen LogP contribution in [0.5, 0.6) is 0 Å². The van der Waals surface area contributed by atoms with Gasteiger partial charge in [-0.05, 0) is 43.0 Å². The van der Waals surface area contributed by atoms with Gasteiger partial charge in [-0.25, -0.2) is 4.99 Å². The summed E-state index contributed by atoms with van der Waals surface area (Å²) in [7, 11) is 0. The Hall–Kier alpha value is -2.27. The second-order valence-electron chi connectivity index (χ2n) is 6.40. The zero-order valence-electron chi connectivity index (χ0n) is 17.0. The molecule has 1 atom stereocenters. The van der Waals surface area contributed by atoms with Crippen molar-refractivity contribution in [3.05, 3.63) is 77.1 Å². The molecule has 0 radical (unpaired) electrons. The van der Waals surface area contributed by atoms with E-state index in [2.05, 4.69) is 42.6 Å². The molecule has 27 heavy (non-hydrogen) atoms. The second kappa shape index (κ2) is 13.0. The average molecular weight is 385 g/mol. The van der Waals surface area contributed by atoms with E-state index in [9.17, 15) is 0 Å². The van der Waals surface area contributed by atoms with Gasteiger partial charge in [-0.3, -0.25) is 4.98 Å². The number of nitrogens with zero attached hydrogens (tertiary/aromatic N) is 2. The van der Waals surface area contributed by atoms with Crippen molar-refractivity contribution in [2.24, 2.45) is 4.99 Å². The molecule has 1 aliphatic heterocycles. The van der Waals surface area contributed by atoms with Crippen LogP contribution in [0.1, 0.15) is 58.7 Å². The lowest BCUT2D eigenvalue weighted by atomic mass is 10.2. The van der Waals surface area contributed by atoms with Gasteiger partial charge < -0.3 is 10.6 Å². The number of unbranched alkanes of at least 4 members (excludes halogenated alkanes) is 2. The minimum Gasteiger partial charge on any atom is -0.366 e. The molecular weight excluding hydrogens is 352 g/mol. The van der Waals surface area contributed by atoms with Crippen molar-refractivity contribution in [1.82, 2.24) is 15.6 Å². The number of aliphatic imine (C=N–C) groups is 1. The average Bonchev–Trinajstić information content (AvgIpc) is 2.63. The molecule has 2 N–H and O–H groups in total. The highest BCUT2D eigenvalue weighted by atomic mass is 32.2. The van der Waals surface area contributed by atoms with Gasteiger partial charge in [0.25, 0.3) is 0 Å². The number of nitrogens with one attached hydrogen (secondary N) is 2. The number of amidine groups is 1. The number of rotatable bonds is 5. The van der Waals surface area contributed by atoms with Gasteiger partial charge >= 0.3 is 0 Å². The third-order valence-corrected chi connectivity index (χ3v) is 4.28. The summed E-state index contributed by atoms with van der Waals surface area (Å²) in [5.41, 5.74) is 3.00. The lowest BCUT2D eigenvalue weighted by Gasteiger charge is -2.20. The van der Waals surface area contributed by atoms with Crippen LogP contribution in [0, 0.1) is 0 Å². The molecule has 0 amide bonds. The SMILES string of the molecule is C=C(C=C(C)C)N/C1=N/C(c2ccncc2)N/C=C\SC1=C.CCCCC. The molecule has 1 aliphatic rings. The first-order valence-corrected chi connectivity index (χ1v) is 10.2. The molecule has 4 nitrogen and oxygen atoms in total. The molecule has 1 aromatic heterocycles. The molecule has 0 saturated carbocycles. The summed E-state index contributed by atoms with van der Waals surface area (Å²) in [5, 5.41) is 8.45. The van der Waals surface area contributed by atoms with Crippen LogP contribution in [0.3, 0.4) is 0 Å². The minimum absolute atomic E-state index is 0.195. The molecule has 1 aromatic rings. The predicted octanol–water partition coefficient (Wildman–Crippen LogP) is 6.07. The highest BCUT2D eigenvalue weighted by Gasteiger charge is 2.14. The van der Waals surface area contributed by atoms with Gasteiger partial charge in [-0.15, -0.1) is 0 Å². The number of thioether (sulfide) groups is 1. The smallest absolute Gasteiger partial charge is 0.146 e. The Kier molecular flexibility index (Phi) is 10.9. The van der Waals surface area contributed by atoms with Gasteiger partial charge in [0.2, 0.25) is 0 Å². The molecule has 0 saturated heterocycles. The Morgan fingerprint density at radius 1 is 1.26 bits per heavy atom. The van der Waals surface area contributed by atoms with Gasteiger partial charge in [-0.1, -0.05) is 63.6 Å². The van der Waals surface area contributed by atoms with Gasteiger partial charge in [0, 0.05) is 29.2 Å². The Bertz CT molecular complexity index is 684. The molecular formula is C22H32N4S. The summed E-state index contributed by atoms with van der Waals surface area (Å²) in [6.45, 7) is 16.6. The van der Waals surface area contributed by atoms with Crippen molar-refractivity contribution >= 4 is 17.6 Å². The molecule has 5 heteroatoms. The van der Waals surface area contributed by atoms with Crippen molar-refractivity contribution in [2.45, 2.75) is 53.1 Å². The zero-order chi connectivity index (χ0) is 20.1. The minimum atomic E-state index is -0.195. The zero-order valence-corrected chi connectivity index (χ0v) is 17.8. The summed E-state index contributed by atoms with van der Waals surface area (Å²) in [6.07, 6.45) is 11.3. The molecule has 2 heterocycles. The van der Waals surface area contributed by atoms with Crippen LogP contribution in [0.2, 0.25) is 0 Å². The fourth-order valence-electron chi connectivity index (χ4n) is 2.25. The van der Waals surface area contributed by atoms with E-state index < -0.39 is 0 Å². The van der Waals surface area contributed by atoms with Crippen LogP contribution in [0.25, 0.3) is 0 Å². The topological polar surface area (TPSA) is 49.3 Å². The standard InChI is InChI=1S/C17H20N4S.C5H12/c1-12(2)11-13(3)20-16-14(4)22-10-9-19-17(21-16)15-5-7-18-8-6-15;1-3-5-4-2/h5-11,17,19H,3-4H2,1-2H3,(H,20,21);3-5H2,1-2H3/b10-9-;. The van der Waals surface area contributed by atoms with Crippen LogP contribution in [0.15, 0.2) is 76.5 Å². The van der Waals surface area contributed by atoms with Crippen LogP contribution >= 0.6 is 11.8 Å². The third kappa shape index (κ3) is 9.29. The summed E-state index contributed by atoms with van der Waals surface area (Å²) in [6, 6.07) is 3.88. The largest absolute Gasteiger partial charge is 0.366 e. The van der Waals surface area contributed by atoms with E-state index >= 15 is 0 Å². The van der Waals surface area contributed by atoms with Crippen LogP contribution in [0.4, 0.5) is 0 Å². The van der Waals surface area contributed by atoms with Crippen molar-refractivity contribution in [2.75, 3.05) is 0 Å². The molecule has 0 bridgehead atoms. The second-order valence-corrected chi connectivity index (χ2v) is 7.40. The van der Waals surface area contributed by atoms with E-state index in [1.807, 2.05) is 43.7 Å². The molecule has 1 unspecified atom stereocenters. The number of aromatic nitrogens is 1. The molecule has 0 fully saturated rings. The summed E-state index contributed by atoms with van der Waals surface area (Å²) in [4.78, 5) is 9.63. The maximum absolute atomic E-state index is 4.74. The molecule has 146 valence electrons. The molecule has 0 aliphatic carbocycles. The lowest BCUT2D eigenvalue weighted by molar-refractivity contribution is 0.653. The summed E-state index contributed by atoms with van der Waals surface area (Å²) in [5.74, 6) is 0.714. The van der Waals surface area contributed by atoms with Crippen molar-refractivity contribution in [1.29, 1.82) is 0 Å². The summed E-state index contributed by atoms with van der Waals surface area (Å²) >= 11 is 1.51. The Balaban J connectivity index is 0.000000646. The predicted molar refractivity (Wildman–Crippen MR) is 120 cm³/mol. The monoisotopic (exact) mass is 384 g/mol. The van der Waals surface area contributed by atoms with E-state index in [0.29, 0.717) is 5.84 Å². The molecule has 0 aromatic carbocycles. The number of pyridine rings is 1. The number of hydrogen-bond donors (Lipinski definition) is 2. The number of hydrogen-bond acceptors (Lipinski definition) is 5. The van der Waals surface area contributed by atoms with E-state index in [4.69, 9.17) is 4.99 Å². The fraction of sp³-hybridized carbons (Fsp3) is 0.364. The first-order valence-electron chi connectivity index (χ1n) is 9.33. The van der Waals surface area contributed by atoms with Gasteiger partial charge in [0.1, 0.15) is 12.0 Å². The third-order valence-electron chi connectivity index (χ3n) is 3.53. The quantitative estimate of drug-likeness (QED) is 0.605. The van der Waals surface area contributed by atoms with Gasteiger partial charge in [-0.2, -0.15) is 0 Å². The fourth-order valence-corrected chi connectivity index (χ4v) is 2.78. The maximum Gasteiger partial charge on any atom is 0.146 e. The number of allylic oxidation sites excluding steroid dienone is 2. The lowest BCUT2D eigenvalue weighted by Crippen LogP contribution is -2.26. The van der Waals surface area contributed by atoms with Crippen molar-refractivity contribution in [3.63, 3.8) is 0 Å². The summed E-state index contributed by atoms with van der Waals surface area (Å²) < 4.78 is 0. The molecule has 2 rings (SSSR count). The van der Waals surface area contributed by atoms with E-state index in [1.54, 1.807) is 12.4 Å². The van der Waals surface area contributed by atoms with E-state index in [-0.39, 0.29) is 6.17 Å². The van der Waals surface area contributed by atoms with Crippen molar-refractivity contribution < 1.29 is 0 Å². The van der Waals surface area contributed by atoms with Gasteiger partial charge in [0.05, 0.1) is 0 Å². The van der Waals surface area contributed by atoms with Crippen LogP contribution in [-0.4, -0.2) is 10.8 Å². The Morgan fingerprint density at radius 3 is 2.48 bits per heavy atom. The van der Waals surface area contributed by atoms with Crippen LogP contribution in [-0.2, 0) is 0 Å². The van der Waals surface area contributed by atoms with E-state index in [0.717, 1.165) is 16.2 Å².